The van der Waals surface area contributed by atoms with Gasteiger partial charge in [-0.15, -0.1) is 0 Å². The number of benzene rings is 2. The molecule has 0 atom stereocenters. The van der Waals surface area contributed by atoms with Gasteiger partial charge in [0.25, 0.3) is 5.91 Å². The number of amides is 1. The van der Waals surface area contributed by atoms with Gasteiger partial charge in [-0.2, -0.15) is 0 Å². The highest BCUT2D eigenvalue weighted by atomic mass is 16.3. The number of phenolic OH excluding ortho intramolecular Hbond substituents is 1. The van der Waals surface area contributed by atoms with Crippen LogP contribution >= 0.6 is 0 Å². The maximum atomic E-state index is 12.1. The number of rotatable bonds is 2. The van der Waals surface area contributed by atoms with Gasteiger partial charge in [0.2, 0.25) is 0 Å². The van der Waals surface area contributed by atoms with Crippen LogP contribution in [0, 0.1) is 13.8 Å². The normalized spacial score (nSPS) is 10.1. The van der Waals surface area contributed by atoms with Gasteiger partial charge in [0.05, 0.1) is 0 Å². The Bertz CT molecular complexity index is 591. The number of aryl methyl sites for hydroxylation is 2. The molecule has 0 unspecified atom stereocenters. The summed E-state index contributed by atoms with van der Waals surface area (Å²) < 4.78 is 0. The average molecular weight is 241 g/mol. The Morgan fingerprint density at radius 2 is 1.89 bits per heavy atom. The van der Waals surface area contributed by atoms with Crippen LogP contribution in [-0.2, 0) is 0 Å². The minimum absolute atomic E-state index is 0.166. The Balaban J connectivity index is 2.22. The molecule has 3 nitrogen and oxygen atoms in total. The molecule has 2 N–H and O–H groups in total. The number of carbonyl (C=O) groups is 1. The number of hydrogen-bond donors (Lipinski definition) is 2. The fourth-order valence-corrected chi connectivity index (χ4v) is 1.82. The molecule has 2 aromatic rings. The van der Waals surface area contributed by atoms with E-state index in [-0.39, 0.29) is 11.7 Å². The molecular formula is C15H15NO2. The van der Waals surface area contributed by atoms with Crippen LogP contribution in [0.4, 0.5) is 5.69 Å². The summed E-state index contributed by atoms with van der Waals surface area (Å²) in [6.45, 7) is 3.77. The summed E-state index contributed by atoms with van der Waals surface area (Å²) in [5, 5.41) is 12.2. The average Bonchev–Trinajstić information content (AvgIpc) is 2.28. The molecule has 0 radical (unpaired) electrons. The van der Waals surface area contributed by atoms with Crippen LogP contribution in [0.1, 0.15) is 21.5 Å². The summed E-state index contributed by atoms with van der Waals surface area (Å²) in [5.41, 5.74) is 3.18. The van der Waals surface area contributed by atoms with E-state index in [4.69, 9.17) is 0 Å². The highest BCUT2D eigenvalue weighted by Crippen LogP contribution is 2.17. The molecule has 0 aliphatic rings. The SMILES string of the molecule is Cc1cccc(NC(=O)c2ccc(O)cc2C)c1. The van der Waals surface area contributed by atoms with Gasteiger partial charge in [0.1, 0.15) is 5.75 Å². The molecule has 18 heavy (non-hydrogen) atoms. The molecule has 2 rings (SSSR count). The van der Waals surface area contributed by atoms with Gasteiger partial charge in [-0.3, -0.25) is 4.79 Å². The Hall–Kier alpha value is -2.29. The smallest absolute Gasteiger partial charge is 0.255 e. The Morgan fingerprint density at radius 3 is 2.56 bits per heavy atom. The van der Waals surface area contributed by atoms with Crippen LogP contribution in [0.25, 0.3) is 0 Å². The van der Waals surface area contributed by atoms with E-state index in [0.29, 0.717) is 5.56 Å². The zero-order chi connectivity index (χ0) is 13.1. The molecule has 3 heteroatoms. The highest BCUT2D eigenvalue weighted by Gasteiger charge is 2.09. The van der Waals surface area contributed by atoms with E-state index in [2.05, 4.69) is 5.32 Å². The Labute approximate surface area is 106 Å². The fraction of sp³-hybridized carbons (Fsp3) is 0.133. The van der Waals surface area contributed by atoms with Crippen molar-refractivity contribution in [3.8, 4) is 5.75 Å². The molecule has 2 aromatic carbocycles. The van der Waals surface area contributed by atoms with Crippen molar-refractivity contribution in [2.24, 2.45) is 0 Å². The second-order valence-corrected chi connectivity index (χ2v) is 4.32. The van der Waals surface area contributed by atoms with E-state index in [1.165, 1.54) is 6.07 Å². The third kappa shape index (κ3) is 2.69. The number of aromatic hydroxyl groups is 1. The molecule has 0 aliphatic heterocycles. The van der Waals surface area contributed by atoms with Crippen LogP contribution in [0.2, 0.25) is 0 Å². The van der Waals surface area contributed by atoms with Crippen molar-refractivity contribution >= 4 is 11.6 Å². The number of nitrogens with one attached hydrogen (secondary N) is 1. The fourth-order valence-electron chi connectivity index (χ4n) is 1.82. The minimum atomic E-state index is -0.168. The zero-order valence-electron chi connectivity index (χ0n) is 10.4. The summed E-state index contributed by atoms with van der Waals surface area (Å²) in [6.07, 6.45) is 0. The molecule has 0 heterocycles. The molecule has 1 amide bonds. The molecule has 0 fully saturated rings. The van der Waals surface area contributed by atoms with Gasteiger partial charge < -0.3 is 10.4 Å². The van der Waals surface area contributed by atoms with Crippen molar-refractivity contribution in [3.05, 3.63) is 59.2 Å². The van der Waals surface area contributed by atoms with Crippen molar-refractivity contribution in [1.82, 2.24) is 0 Å². The first-order chi connectivity index (χ1) is 8.56. The lowest BCUT2D eigenvalue weighted by Crippen LogP contribution is -2.13. The zero-order valence-corrected chi connectivity index (χ0v) is 10.4. The van der Waals surface area contributed by atoms with Crippen LogP contribution in [0.15, 0.2) is 42.5 Å². The van der Waals surface area contributed by atoms with E-state index in [1.807, 2.05) is 31.2 Å². The highest BCUT2D eigenvalue weighted by molar-refractivity contribution is 6.05. The standard InChI is InChI=1S/C15H15NO2/c1-10-4-3-5-12(8-10)16-15(18)14-7-6-13(17)9-11(14)2/h3-9,17H,1-2H3,(H,16,18). The first-order valence-corrected chi connectivity index (χ1v) is 5.74. The van der Waals surface area contributed by atoms with E-state index in [9.17, 15) is 9.90 Å². The third-order valence-corrected chi connectivity index (χ3v) is 2.73. The van der Waals surface area contributed by atoms with E-state index in [0.717, 1.165) is 16.8 Å². The lowest BCUT2D eigenvalue weighted by atomic mass is 10.1. The number of phenols is 1. The van der Waals surface area contributed by atoms with Gasteiger partial charge in [0.15, 0.2) is 0 Å². The molecule has 0 aromatic heterocycles. The van der Waals surface area contributed by atoms with Gasteiger partial charge in [-0.05, 0) is 55.3 Å². The third-order valence-electron chi connectivity index (χ3n) is 2.73. The summed E-state index contributed by atoms with van der Waals surface area (Å²) >= 11 is 0. The molecule has 0 saturated heterocycles. The monoisotopic (exact) mass is 241 g/mol. The molecule has 0 saturated carbocycles. The molecule has 0 bridgehead atoms. The van der Waals surface area contributed by atoms with E-state index in [1.54, 1.807) is 19.1 Å². The van der Waals surface area contributed by atoms with Crippen molar-refractivity contribution in [1.29, 1.82) is 0 Å². The van der Waals surface area contributed by atoms with Crippen LogP contribution in [-0.4, -0.2) is 11.0 Å². The number of hydrogen-bond acceptors (Lipinski definition) is 2. The predicted octanol–water partition coefficient (Wildman–Crippen LogP) is 3.26. The van der Waals surface area contributed by atoms with E-state index < -0.39 is 0 Å². The summed E-state index contributed by atoms with van der Waals surface area (Å²) in [7, 11) is 0. The maximum absolute atomic E-state index is 12.1. The molecule has 0 aliphatic carbocycles. The van der Waals surface area contributed by atoms with Crippen molar-refractivity contribution < 1.29 is 9.90 Å². The van der Waals surface area contributed by atoms with Crippen LogP contribution in [0.3, 0.4) is 0 Å². The number of carbonyl (C=O) groups excluding carboxylic acids is 1. The molecular weight excluding hydrogens is 226 g/mol. The first-order valence-electron chi connectivity index (χ1n) is 5.74. The summed E-state index contributed by atoms with van der Waals surface area (Å²) in [4.78, 5) is 12.1. The second-order valence-electron chi connectivity index (χ2n) is 4.32. The first kappa shape index (κ1) is 12.2. The van der Waals surface area contributed by atoms with Gasteiger partial charge in [-0.1, -0.05) is 12.1 Å². The van der Waals surface area contributed by atoms with Gasteiger partial charge in [0, 0.05) is 11.3 Å². The predicted molar refractivity (Wildman–Crippen MR) is 72.0 cm³/mol. The lowest BCUT2D eigenvalue weighted by molar-refractivity contribution is 0.102. The quantitative estimate of drug-likeness (QED) is 0.847. The Morgan fingerprint density at radius 1 is 1.11 bits per heavy atom. The summed E-state index contributed by atoms with van der Waals surface area (Å²) in [6, 6.07) is 12.3. The van der Waals surface area contributed by atoms with Gasteiger partial charge >= 0.3 is 0 Å². The van der Waals surface area contributed by atoms with Crippen molar-refractivity contribution in [2.45, 2.75) is 13.8 Å². The minimum Gasteiger partial charge on any atom is -0.508 e. The topological polar surface area (TPSA) is 49.3 Å². The molecule has 92 valence electrons. The maximum Gasteiger partial charge on any atom is 0.255 e. The number of anilines is 1. The van der Waals surface area contributed by atoms with Crippen molar-refractivity contribution in [2.75, 3.05) is 5.32 Å². The Kier molecular flexibility index (Phi) is 3.33. The van der Waals surface area contributed by atoms with E-state index >= 15 is 0 Å². The molecule has 0 spiro atoms. The summed E-state index contributed by atoms with van der Waals surface area (Å²) in [5.74, 6) is -0.00212. The van der Waals surface area contributed by atoms with Crippen LogP contribution < -0.4 is 5.32 Å². The van der Waals surface area contributed by atoms with Crippen molar-refractivity contribution in [3.63, 3.8) is 0 Å². The second kappa shape index (κ2) is 4.92. The largest absolute Gasteiger partial charge is 0.508 e. The lowest BCUT2D eigenvalue weighted by Gasteiger charge is -2.08. The van der Waals surface area contributed by atoms with Gasteiger partial charge in [-0.25, -0.2) is 0 Å². The van der Waals surface area contributed by atoms with Crippen LogP contribution in [0.5, 0.6) is 5.75 Å².